The summed E-state index contributed by atoms with van der Waals surface area (Å²) in [6, 6.07) is -0.237. The summed E-state index contributed by atoms with van der Waals surface area (Å²) in [6.45, 7) is 4.39. The van der Waals surface area contributed by atoms with Crippen molar-refractivity contribution in [2.24, 2.45) is 0 Å². The average Bonchev–Trinajstić information content (AvgIpc) is 2.26. The number of rotatable bonds is 3. The summed E-state index contributed by atoms with van der Waals surface area (Å²) in [5.74, 6) is 0. The highest BCUT2D eigenvalue weighted by atomic mass is 16.5. The number of amides is 2. The van der Waals surface area contributed by atoms with E-state index in [0.717, 1.165) is 6.42 Å². The Bertz CT molecular complexity index is 177. The molecule has 1 aliphatic rings. The monoisotopic (exact) mass is 202 g/mol. The molecular formula is C9H18N2O3. The lowest BCUT2D eigenvalue weighted by atomic mass is 10.2. The summed E-state index contributed by atoms with van der Waals surface area (Å²) in [5.41, 5.74) is 0. The molecule has 2 N–H and O–H groups in total. The third-order valence-corrected chi connectivity index (χ3v) is 2.34. The van der Waals surface area contributed by atoms with Gasteiger partial charge in [-0.1, -0.05) is 6.92 Å². The lowest BCUT2D eigenvalue weighted by Crippen LogP contribution is -2.49. The molecule has 1 atom stereocenters. The second kappa shape index (κ2) is 5.82. The van der Waals surface area contributed by atoms with Crippen molar-refractivity contribution in [2.45, 2.75) is 19.4 Å². The van der Waals surface area contributed by atoms with Crippen molar-refractivity contribution in [3.63, 3.8) is 0 Å². The number of carbonyl (C=O) groups excluding carboxylic acids is 1. The van der Waals surface area contributed by atoms with Gasteiger partial charge in [-0.15, -0.1) is 0 Å². The quantitative estimate of drug-likeness (QED) is 0.666. The van der Waals surface area contributed by atoms with Gasteiger partial charge in [0, 0.05) is 13.1 Å². The van der Waals surface area contributed by atoms with Crippen LogP contribution < -0.4 is 5.32 Å². The van der Waals surface area contributed by atoms with Crippen LogP contribution in [0.1, 0.15) is 13.3 Å². The number of morpholine rings is 1. The normalized spacial score (nSPS) is 19.1. The number of nitrogens with zero attached hydrogens (tertiary/aromatic N) is 1. The number of urea groups is 1. The van der Waals surface area contributed by atoms with E-state index in [9.17, 15) is 4.79 Å². The average molecular weight is 202 g/mol. The van der Waals surface area contributed by atoms with Crippen molar-refractivity contribution < 1.29 is 14.6 Å². The fourth-order valence-electron chi connectivity index (χ4n) is 1.31. The molecule has 1 rings (SSSR count). The third kappa shape index (κ3) is 3.16. The van der Waals surface area contributed by atoms with E-state index >= 15 is 0 Å². The lowest BCUT2D eigenvalue weighted by Gasteiger charge is -2.28. The van der Waals surface area contributed by atoms with E-state index in [4.69, 9.17) is 9.84 Å². The molecule has 0 aliphatic carbocycles. The van der Waals surface area contributed by atoms with Crippen molar-refractivity contribution in [1.29, 1.82) is 0 Å². The molecule has 0 saturated carbocycles. The Kier molecular flexibility index (Phi) is 4.69. The van der Waals surface area contributed by atoms with Crippen LogP contribution in [0.4, 0.5) is 4.79 Å². The first-order valence-electron chi connectivity index (χ1n) is 5.02. The summed E-state index contributed by atoms with van der Waals surface area (Å²) in [4.78, 5) is 13.3. The van der Waals surface area contributed by atoms with Crippen molar-refractivity contribution >= 4 is 6.03 Å². The Balaban J connectivity index is 2.32. The molecule has 1 saturated heterocycles. The molecular weight excluding hydrogens is 184 g/mol. The minimum absolute atomic E-state index is 0.00736. The zero-order valence-corrected chi connectivity index (χ0v) is 8.53. The molecule has 0 aromatic carbocycles. The highest BCUT2D eigenvalue weighted by molar-refractivity contribution is 5.74. The van der Waals surface area contributed by atoms with E-state index in [2.05, 4.69) is 5.32 Å². The van der Waals surface area contributed by atoms with Gasteiger partial charge in [0.2, 0.25) is 0 Å². The number of ether oxygens (including phenoxy) is 1. The van der Waals surface area contributed by atoms with Gasteiger partial charge >= 0.3 is 6.03 Å². The van der Waals surface area contributed by atoms with Crippen LogP contribution in [-0.4, -0.2) is 55.0 Å². The van der Waals surface area contributed by atoms with Crippen LogP contribution in [-0.2, 0) is 4.74 Å². The number of hydrogen-bond acceptors (Lipinski definition) is 3. The maximum Gasteiger partial charge on any atom is 0.317 e. The van der Waals surface area contributed by atoms with Crippen LogP contribution in [0.25, 0.3) is 0 Å². The topological polar surface area (TPSA) is 61.8 Å². The molecule has 2 amide bonds. The van der Waals surface area contributed by atoms with Crippen LogP contribution in [0.15, 0.2) is 0 Å². The van der Waals surface area contributed by atoms with Crippen molar-refractivity contribution in [2.75, 3.05) is 32.9 Å². The Morgan fingerprint density at radius 3 is 2.71 bits per heavy atom. The largest absolute Gasteiger partial charge is 0.394 e. The standard InChI is InChI=1S/C9H18N2O3/c1-2-8(7-12)10-9(13)11-3-5-14-6-4-11/h8,12H,2-7H2,1H3,(H,10,13)/t8-/m1/s1. The van der Waals surface area contributed by atoms with Crippen LogP contribution in [0.2, 0.25) is 0 Å². The molecule has 0 bridgehead atoms. The van der Waals surface area contributed by atoms with Gasteiger partial charge in [0.05, 0.1) is 25.9 Å². The summed E-state index contributed by atoms with van der Waals surface area (Å²) >= 11 is 0. The van der Waals surface area contributed by atoms with E-state index in [1.807, 2.05) is 6.92 Å². The molecule has 14 heavy (non-hydrogen) atoms. The molecule has 5 heteroatoms. The maximum atomic E-state index is 11.6. The first kappa shape index (κ1) is 11.3. The third-order valence-electron chi connectivity index (χ3n) is 2.34. The van der Waals surface area contributed by atoms with Gasteiger partial charge in [-0.05, 0) is 6.42 Å². The maximum absolute atomic E-state index is 11.6. The molecule has 0 radical (unpaired) electrons. The highest BCUT2D eigenvalue weighted by Gasteiger charge is 2.18. The van der Waals surface area contributed by atoms with E-state index in [-0.39, 0.29) is 18.7 Å². The summed E-state index contributed by atoms with van der Waals surface area (Å²) in [5, 5.41) is 11.7. The Morgan fingerprint density at radius 1 is 1.57 bits per heavy atom. The zero-order valence-electron chi connectivity index (χ0n) is 8.53. The molecule has 82 valence electrons. The SMILES string of the molecule is CC[C@H](CO)NC(=O)N1CCOCC1. The first-order chi connectivity index (χ1) is 6.77. The molecule has 0 spiro atoms. The van der Waals surface area contributed by atoms with Gasteiger partial charge in [0.15, 0.2) is 0 Å². The van der Waals surface area contributed by atoms with Crippen LogP contribution >= 0.6 is 0 Å². The van der Waals surface area contributed by atoms with Gasteiger partial charge < -0.3 is 20.1 Å². The van der Waals surface area contributed by atoms with Gasteiger partial charge in [-0.25, -0.2) is 4.79 Å². The number of hydrogen-bond donors (Lipinski definition) is 2. The fraction of sp³-hybridized carbons (Fsp3) is 0.889. The highest BCUT2D eigenvalue weighted by Crippen LogP contribution is 1.98. The summed E-state index contributed by atoms with van der Waals surface area (Å²) in [7, 11) is 0. The molecule has 1 heterocycles. The fourth-order valence-corrected chi connectivity index (χ4v) is 1.31. The van der Waals surface area contributed by atoms with Gasteiger partial charge in [0.25, 0.3) is 0 Å². The van der Waals surface area contributed by atoms with Crippen LogP contribution in [0.5, 0.6) is 0 Å². The number of aliphatic hydroxyl groups excluding tert-OH is 1. The molecule has 1 aliphatic heterocycles. The van der Waals surface area contributed by atoms with Crippen LogP contribution in [0, 0.1) is 0 Å². The summed E-state index contributed by atoms with van der Waals surface area (Å²) in [6.07, 6.45) is 0.743. The first-order valence-corrected chi connectivity index (χ1v) is 5.02. The molecule has 5 nitrogen and oxygen atoms in total. The number of carbonyl (C=O) groups is 1. The second-order valence-electron chi connectivity index (χ2n) is 3.34. The zero-order chi connectivity index (χ0) is 10.4. The smallest absolute Gasteiger partial charge is 0.317 e. The predicted octanol–water partition coefficient (Wildman–Crippen LogP) is -0.201. The lowest BCUT2D eigenvalue weighted by molar-refractivity contribution is 0.0518. The van der Waals surface area contributed by atoms with Gasteiger partial charge in [0.1, 0.15) is 0 Å². The molecule has 1 fully saturated rings. The Hall–Kier alpha value is -0.810. The van der Waals surface area contributed by atoms with Crippen molar-refractivity contribution in [3.8, 4) is 0 Å². The van der Waals surface area contributed by atoms with E-state index < -0.39 is 0 Å². The number of nitrogens with one attached hydrogen (secondary N) is 1. The van der Waals surface area contributed by atoms with Crippen molar-refractivity contribution in [3.05, 3.63) is 0 Å². The van der Waals surface area contributed by atoms with Gasteiger partial charge in [-0.3, -0.25) is 0 Å². The number of aliphatic hydroxyl groups is 1. The second-order valence-corrected chi connectivity index (χ2v) is 3.34. The molecule has 0 unspecified atom stereocenters. The Labute approximate surface area is 84.0 Å². The summed E-state index contributed by atoms with van der Waals surface area (Å²) < 4.78 is 5.14. The minimum atomic E-state index is -0.134. The van der Waals surface area contributed by atoms with Crippen LogP contribution in [0.3, 0.4) is 0 Å². The van der Waals surface area contributed by atoms with E-state index in [1.54, 1.807) is 4.90 Å². The van der Waals surface area contributed by atoms with E-state index in [1.165, 1.54) is 0 Å². The van der Waals surface area contributed by atoms with E-state index in [0.29, 0.717) is 26.3 Å². The molecule has 0 aromatic rings. The minimum Gasteiger partial charge on any atom is -0.394 e. The molecule has 0 aromatic heterocycles. The van der Waals surface area contributed by atoms with Gasteiger partial charge in [-0.2, -0.15) is 0 Å². The Morgan fingerprint density at radius 2 is 2.21 bits per heavy atom. The van der Waals surface area contributed by atoms with Crippen molar-refractivity contribution in [1.82, 2.24) is 10.2 Å². The predicted molar refractivity (Wildman–Crippen MR) is 52.1 cm³/mol.